The highest BCUT2D eigenvalue weighted by atomic mass is 35.5. The first-order valence-electron chi connectivity index (χ1n) is 10.1. The molecular formula is C23H21ClN4O4S2. The van der Waals surface area contributed by atoms with Crippen LogP contribution in [0, 0.1) is 11.3 Å². The molecule has 176 valence electrons. The van der Waals surface area contributed by atoms with Crippen molar-refractivity contribution in [2.75, 3.05) is 31.4 Å². The number of hydrogen-bond donors (Lipinski definition) is 1. The Bertz CT molecular complexity index is 1210. The van der Waals surface area contributed by atoms with Crippen LogP contribution in [0.3, 0.4) is 0 Å². The molecule has 1 N–H and O–H groups in total. The van der Waals surface area contributed by atoms with E-state index in [2.05, 4.69) is 14.7 Å². The van der Waals surface area contributed by atoms with Crippen molar-refractivity contribution in [3.05, 3.63) is 58.6 Å². The van der Waals surface area contributed by atoms with E-state index >= 15 is 0 Å². The van der Waals surface area contributed by atoms with Crippen LogP contribution in [0.5, 0.6) is 17.2 Å². The minimum Gasteiger partial charge on any atom is -0.490 e. The van der Waals surface area contributed by atoms with Gasteiger partial charge in [-0.3, -0.25) is 10.1 Å². The van der Waals surface area contributed by atoms with E-state index in [1.54, 1.807) is 30.3 Å². The van der Waals surface area contributed by atoms with Gasteiger partial charge in [-0.1, -0.05) is 41.6 Å². The molecule has 1 amide bonds. The number of rotatable bonds is 11. The molecule has 1 heterocycles. The molecule has 11 heteroatoms. The van der Waals surface area contributed by atoms with Crippen molar-refractivity contribution in [1.29, 1.82) is 5.26 Å². The Kier molecular flexibility index (Phi) is 9.58. The van der Waals surface area contributed by atoms with Crippen LogP contribution < -0.4 is 19.5 Å². The van der Waals surface area contributed by atoms with Gasteiger partial charge in [0.15, 0.2) is 11.5 Å². The van der Waals surface area contributed by atoms with Crippen molar-refractivity contribution >= 4 is 52.0 Å². The molecule has 0 aliphatic rings. The molecule has 0 atom stereocenters. The van der Waals surface area contributed by atoms with Crippen molar-refractivity contribution in [3.8, 4) is 23.3 Å². The Morgan fingerprint density at radius 1 is 1.18 bits per heavy atom. The molecule has 1 aromatic heterocycles. The Labute approximate surface area is 210 Å². The summed E-state index contributed by atoms with van der Waals surface area (Å²) in [6.45, 7) is 2.83. The summed E-state index contributed by atoms with van der Waals surface area (Å²) in [7, 11) is 0. The van der Waals surface area contributed by atoms with E-state index in [-0.39, 0.29) is 12.2 Å². The Hall–Kier alpha value is -3.26. The molecule has 0 bridgehead atoms. The number of para-hydroxylation sites is 1. The minimum absolute atomic E-state index is 0.0786. The number of benzene rings is 2. The van der Waals surface area contributed by atoms with Gasteiger partial charge in [-0.15, -0.1) is 0 Å². The number of ether oxygens (including phenoxy) is 3. The first-order valence-corrected chi connectivity index (χ1v) is 12.5. The third-order valence-electron chi connectivity index (χ3n) is 4.19. The fourth-order valence-corrected chi connectivity index (χ4v) is 4.00. The predicted octanol–water partition coefficient (Wildman–Crippen LogP) is 5.32. The van der Waals surface area contributed by atoms with Gasteiger partial charge in [0.2, 0.25) is 10.3 Å². The average molecular weight is 517 g/mol. The number of halogens is 1. The molecule has 34 heavy (non-hydrogen) atoms. The zero-order valence-electron chi connectivity index (χ0n) is 18.4. The SMILES string of the molecule is CCOc1cc(C=C(C#N)C(=O)Nc2nc(SC)ns2)ccc1OCCOc1ccccc1Cl. The second-order valence-corrected chi connectivity index (χ2v) is 8.41. The summed E-state index contributed by atoms with van der Waals surface area (Å²) in [6, 6.07) is 14.3. The normalized spacial score (nSPS) is 10.9. The fourth-order valence-electron chi connectivity index (χ4n) is 2.69. The molecule has 0 aliphatic carbocycles. The minimum atomic E-state index is -0.568. The van der Waals surface area contributed by atoms with E-state index in [4.69, 9.17) is 25.8 Å². The Morgan fingerprint density at radius 3 is 2.62 bits per heavy atom. The maximum Gasteiger partial charge on any atom is 0.268 e. The number of amides is 1. The fraction of sp³-hybridized carbons (Fsp3) is 0.217. The second-order valence-electron chi connectivity index (χ2n) is 6.48. The van der Waals surface area contributed by atoms with Crippen LogP contribution in [0.15, 0.2) is 53.2 Å². The third-order valence-corrected chi connectivity index (χ3v) is 5.80. The van der Waals surface area contributed by atoms with Crippen molar-refractivity contribution < 1.29 is 19.0 Å². The average Bonchev–Trinajstić information content (AvgIpc) is 3.30. The van der Waals surface area contributed by atoms with Gasteiger partial charge in [-0.25, -0.2) is 0 Å². The molecule has 0 radical (unpaired) electrons. The van der Waals surface area contributed by atoms with Crippen molar-refractivity contribution in [3.63, 3.8) is 0 Å². The lowest BCUT2D eigenvalue weighted by Gasteiger charge is -2.13. The Morgan fingerprint density at radius 2 is 1.94 bits per heavy atom. The second kappa shape index (κ2) is 12.8. The molecule has 0 saturated heterocycles. The van der Waals surface area contributed by atoms with Crippen molar-refractivity contribution in [2.24, 2.45) is 0 Å². The van der Waals surface area contributed by atoms with Crippen LogP contribution in [0.2, 0.25) is 5.02 Å². The number of nitrogens with zero attached hydrogens (tertiary/aromatic N) is 3. The number of carbonyl (C=O) groups excluding carboxylic acids is 1. The first-order chi connectivity index (χ1) is 16.5. The summed E-state index contributed by atoms with van der Waals surface area (Å²) in [6.07, 6.45) is 3.31. The molecule has 8 nitrogen and oxygen atoms in total. The summed E-state index contributed by atoms with van der Waals surface area (Å²) in [5, 5.41) is 13.5. The number of anilines is 1. The summed E-state index contributed by atoms with van der Waals surface area (Å²) in [5.41, 5.74) is 0.530. The van der Waals surface area contributed by atoms with Gasteiger partial charge in [0, 0.05) is 11.5 Å². The number of nitrogens with one attached hydrogen (secondary N) is 1. The van der Waals surface area contributed by atoms with E-state index in [0.29, 0.717) is 51.3 Å². The van der Waals surface area contributed by atoms with Crippen LogP contribution in [0.1, 0.15) is 12.5 Å². The van der Waals surface area contributed by atoms with Gasteiger partial charge in [-0.05, 0) is 49.1 Å². The number of nitriles is 1. The van der Waals surface area contributed by atoms with Crippen LogP contribution in [-0.4, -0.2) is 41.3 Å². The van der Waals surface area contributed by atoms with Crippen molar-refractivity contribution in [1.82, 2.24) is 9.36 Å². The maximum absolute atomic E-state index is 12.5. The molecule has 0 aliphatic heterocycles. The van der Waals surface area contributed by atoms with E-state index < -0.39 is 5.91 Å². The van der Waals surface area contributed by atoms with Crippen LogP contribution in [0.25, 0.3) is 6.08 Å². The molecule has 0 fully saturated rings. The summed E-state index contributed by atoms with van der Waals surface area (Å²) in [4.78, 5) is 16.6. The maximum atomic E-state index is 12.5. The van der Waals surface area contributed by atoms with Gasteiger partial charge in [0.25, 0.3) is 5.91 Å². The summed E-state index contributed by atoms with van der Waals surface area (Å²) >= 11 is 8.50. The molecule has 0 saturated carbocycles. The van der Waals surface area contributed by atoms with E-state index in [1.807, 2.05) is 31.4 Å². The van der Waals surface area contributed by atoms with Crippen LogP contribution >= 0.6 is 34.9 Å². The molecule has 2 aromatic carbocycles. The number of thioether (sulfide) groups is 1. The third kappa shape index (κ3) is 7.12. The van der Waals surface area contributed by atoms with Gasteiger partial charge in [0.05, 0.1) is 11.6 Å². The van der Waals surface area contributed by atoms with Gasteiger partial charge < -0.3 is 14.2 Å². The largest absolute Gasteiger partial charge is 0.490 e. The predicted molar refractivity (Wildman–Crippen MR) is 134 cm³/mol. The molecule has 3 rings (SSSR count). The lowest BCUT2D eigenvalue weighted by Crippen LogP contribution is -2.13. The lowest BCUT2D eigenvalue weighted by molar-refractivity contribution is -0.112. The number of carbonyl (C=O) groups is 1. The first kappa shape index (κ1) is 25.4. The van der Waals surface area contributed by atoms with E-state index in [9.17, 15) is 10.1 Å². The zero-order valence-corrected chi connectivity index (χ0v) is 20.8. The highest BCUT2D eigenvalue weighted by Crippen LogP contribution is 2.30. The molecular weight excluding hydrogens is 496 g/mol. The molecule has 0 spiro atoms. The van der Waals surface area contributed by atoms with E-state index in [1.165, 1.54) is 17.8 Å². The number of hydrogen-bond acceptors (Lipinski definition) is 9. The zero-order chi connectivity index (χ0) is 24.3. The highest BCUT2D eigenvalue weighted by molar-refractivity contribution is 7.98. The standard InChI is InChI=1S/C23H21ClN4O4S2/c1-3-30-20-13-15(12-16(14-25)21(29)26-22-27-23(33-2)28-34-22)8-9-19(20)32-11-10-31-18-7-5-4-6-17(18)24/h4-9,12-13H,3,10-11H2,1-2H3,(H,26,27,28,29). The molecule has 0 unspecified atom stereocenters. The van der Waals surface area contributed by atoms with Gasteiger partial charge >= 0.3 is 0 Å². The van der Waals surface area contributed by atoms with Crippen molar-refractivity contribution in [2.45, 2.75) is 12.1 Å². The van der Waals surface area contributed by atoms with Gasteiger partial charge in [-0.2, -0.15) is 14.6 Å². The van der Waals surface area contributed by atoms with Crippen LogP contribution in [-0.2, 0) is 4.79 Å². The Balaban J connectivity index is 1.66. The quantitative estimate of drug-likeness (QED) is 0.158. The summed E-state index contributed by atoms with van der Waals surface area (Å²) in [5.74, 6) is 1.02. The molecule has 3 aromatic rings. The van der Waals surface area contributed by atoms with E-state index in [0.717, 1.165) is 11.5 Å². The summed E-state index contributed by atoms with van der Waals surface area (Å²) < 4.78 is 21.2. The van der Waals surface area contributed by atoms with Crippen LogP contribution in [0.4, 0.5) is 5.13 Å². The monoisotopic (exact) mass is 516 g/mol. The topological polar surface area (TPSA) is 106 Å². The lowest BCUT2D eigenvalue weighted by atomic mass is 10.1. The highest BCUT2D eigenvalue weighted by Gasteiger charge is 2.14. The number of aromatic nitrogens is 2. The van der Waals surface area contributed by atoms with Gasteiger partial charge in [0.1, 0.15) is 30.6 Å². The smallest absolute Gasteiger partial charge is 0.268 e.